The Hall–Kier alpha value is -2.34. The van der Waals surface area contributed by atoms with Crippen LogP contribution in [0, 0.1) is 0 Å². The van der Waals surface area contributed by atoms with Crippen molar-refractivity contribution >= 4 is 5.91 Å². The molecule has 0 amide bonds. The van der Waals surface area contributed by atoms with E-state index in [1.807, 2.05) is 0 Å². The number of rotatable bonds is 3. The largest absolute Gasteiger partial charge is 0.496 e. The summed E-state index contributed by atoms with van der Waals surface area (Å²) in [5.41, 5.74) is 5.91. The quantitative estimate of drug-likeness (QED) is 0.818. The van der Waals surface area contributed by atoms with Crippen molar-refractivity contribution < 1.29 is 9.53 Å². The van der Waals surface area contributed by atoms with Crippen LogP contribution in [0.2, 0.25) is 0 Å². The highest BCUT2D eigenvalue weighted by molar-refractivity contribution is 5.98. The SMILES string of the molecule is COc1ccccc1C(=O)n1[nH]c(=O)cc1CN. The average molecular weight is 247 g/mol. The monoisotopic (exact) mass is 247 g/mol. The summed E-state index contributed by atoms with van der Waals surface area (Å²) in [6.45, 7) is 0.0969. The molecule has 0 saturated heterocycles. The van der Waals surface area contributed by atoms with Gasteiger partial charge in [-0.25, -0.2) is 4.68 Å². The maximum absolute atomic E-state index is 12.3. The average Bonchev–Trinajstić information content (AvgIpc) is 2.79. The minimum absolute atomic E-state index is 0.0969. The van der Waals surface area contributed by atoms with E-state index in [-0.39, 0.29) is 18.0 Å². The van der Waals surface area contributed by atoms with Gasteiger partial charge in [0.2, 0.25) is 0 Å². The second-order valence-electron chi connectivity index (χ2n) is 3.66. The number of nitrogens with one attached hydrogen (secondary N) is 1. The molecule has 1 aromatic heterocycles. The third kappa shape index (κ3) is 2.05. The summed E-state index contributed by atoms with van der Waals surface area (Å²) in [4.78, 5) is 23.5. The molecule has 0 atom stereocenters. The second-order valence-corrected chi connectivity index (χ2v) is 3.66. The van der Waals surface area contributed by atoms with Crippen LogP contribution >= 0.6 is 0 Å². The molecule has 18 heavy (non-hydrogen) atoms. The number of benzene rings is 1. The molecule has 0 aliphatic carbocycles. The van der Waals surface area contributed by atoms with E-state index in [2.05, 4.69) is 5.10 Å². The first-order valence-corrected chi connectivity index (χ1v) is 5.36. The molecule has 0 unspecified atom stereocenters. The summed E-state index contributed by atoms with van der Waals surface area (Å²) in [6.07, 6.45) is 0. The van der Waals surface area contributed by atoms with Crippen LogP contribution in [0.1, 0.15) is 16.1 Å². The lowest BCUT2D eigenvalue weighted by Gasteiger charge is -2.09. The number of ether oxygens (including phenoxy) is 1. The molecular weight excluding hydrogens is 234 g/mol. The highest BCUT2D eigenvalue weighted by atomic mass is 16.5. The summed E-state index contributed by atoms with van der Waals surface area (Å²) in [5.74, 6) is 0.0648. The normalized spacial score (nSPS) is 10.3. The summed E-state index contributed by atoms with van der Waals surface area (Å²) >= 11 is 0. The predicted octanol–water partition coefficient (Wildman–Crippen LogP) is 0.332. The van der Waals surface area contributed by atoms with Crippen molar-refractivity contribution in [2.24, 2.45) is 5.73 Å². The van der Waals surface area contributed by atoms with Gasteiger partial charge >= 0.3 is 0 Å². The van der Waals surface area contributed by atoms with Gasteiger partial charge in [0.1, 0.15) is 5.75 Å². The van der Waals surface area contributed by atoms with Crippen molar-refractivity contribution in [1.82, 2.24) is 9.78 Å². The Bertz CT molecular complexity index is 627. The molecule has 0 radical (unpaired) electrons. The Balaban J connectivity index is 2.51. The van der Waals surface area contributed by atoms with Crippen molar-refractivity contribution in [3.8, 4) is 5.75 Å². The third-order valence-corrected chi connectivity index (χ3v) is 2.56. The van der Waals surface area contributed by atoms with E-state index in [0.717, 1.165) is 4.68 Å². The number of methoxy groups -OCH3 is 1. The molecule has 2 aromatic rings. The van der Waals surface area contributed by atoms with Gasteiger partial charge in [0.25, 0.3) is 11.5 Å². The number of hydrogen-bond acceptors (Lipinski definition) is 4. The fourth-order valence-electron chi connectivity index (χ4n) is 1.70. The predicted molar refractivity (Wildman–Crippen MR) is 65.7 cm³/mol. The zero-order chi connectivity index (χ0) is 13.1. The first-order chi connectivity index (χ1) is 8.67. The topological polar surface area (TPSA) is 90.1 Å². The summed E-state index contributed by atoms with van der Waals surface area (Å²) in [6, 6.07) is 8.08. The molecule has 0 aliphatic rings. The number of nitrogens with two attached hydrogens (primary N) is 1. The van der Waals surface area contributed by atoms with Gasteiger partial charge in [-0.05, 0) is 12.1 Å². The number of aromatic nitrogens is 2. The molecule has 6 nitrogen and oxygen atoms in total. The van der Waals surface area contributed by atoms with E-state index in [4.69, 9.17) is 10.5 Å². The number of hydrogen-bond donors (Lipinski definition) is 2. The zero-order valence-electron chi connectivity index (χ0n) is 9.84. The van der Waals surface area contributed by atoms with Crippen LogP contribution in [0.25, 0.3) is 0 Å². The van der Waals surface area contributed by atoms with Crippen LogP contribution in [-0.2, 0) is 6.54 Å². The fraction of sp³-hybridized carbons (Fsp3) is 0.167. The number of carbonyl (C=O) groups is 1. The van der Waals surface area contributed by atoms with Crippen molar-refractivity contribution in [2.75, 3.05) is 7.11 Å². The van der Waals surface area contributed by atoms with Gasteiger partial charge in [-0.3, -0.25) is 14.7 Å². The lowest BCUT2D eigenvalue weighted by Crippen LogP contribution is -2.20. The first kappa shape index (κ1) is 12.1. The van der Waals surface area contributed by atoms with Gasteiger partial charge < -0.3 is 10.5 Å². The molecular formula is C12H13N3O3. The smallest absolute Gasteiger partial charge is 0.280 e. The highest BCUT2D eigenvalue weighted by Crippen LogP contribution is 2.18. The van der Waals surface area contributed by atoms with Crippen LogP contribution in [0.3, 0.4) is 0 Å². The molecule has 6 heteroatoms. The number of aromatic amines is 1. The molecule has 3 N–H and O–H groups in total. The van der Waals surface area contributed by atoms with E-state index in [0.29, 0.717) is 17.0 Å². The van der Waals surface area contributed by atoms with Crippen molar-refractivity contribution in [3.63, 3.8) is 0 Å². The molecule has 1 heterocycles. The summed E-state index contributed by atoms with van der Waals surface area (Å²) in [7, 11) is 1.48. The lowest BCUT2D eigenvalue weighted by atomic mass is 10.2. The number of H-pyrrole nitrogens is 1. The van der Waals surface area contributed by atoms with Crippen molar-refractivity contribution in [1.29, 1.82) is 0 Å². The van der Waals surface area contributed by atoms with E-state index < -0.39 is 0 Å². The fourth-order valence-corrected chi connectivity index (χ4v) is 1.70. The van der Waals surface area contributed by atoms with Gasteiger partial charge in [0.15, 0.2) is 0 Å². The molecule has 0 aliphatic heterocycles. The lowest BCUT2D eigenvalue weighted by molar-refractivity contribution is 0.0938. The van der Waals surface area contributed by atoms with E-state index in [1.54, 1.807) is 24.3 Å². The number of para-hydroxylation sites is 1. The maximum Gasteiger partial charge on any atom is 0.280 e. The summed E-state index contributed by atoms with van der Waals surface area (Å²) < 4.78 is 6.25. The number of carbonyl (C=O) groups excluding carboxylic acids is 1. The van der Waals surface area contributed by atoms with Gasteiger partial charge in [0, 0.05) is 12.6 Å². The number of nitrogens with zero attached hydrogens (tertiary/aromatic N) is 1. The standard InChI is InChI=1S/C12H13N3O3/c1-18-10-5-3-2-4-9(10)12(17)15-8(7-13)6-11(16)14-15/h2-6H,7,13H2,1H3,(H,14,16). The Labute approximate surface area is 103 Å². The van der Waals surface area contributed by atoms with E-state index >= 15 is 0 Å². The molecule has 0 bridgehead atoms. The molecule has 0 saturated carbocycles. The van der Waals surface area contributed by atoms with Crippen LogP contribution in [0.4, 0.5) is 0 Å². The Morgan fingerprint density at radius 1 is 1.44 bits per heavy atom. The van der Waals surface area contributed by atoms with Gasteiger partial charge in [-0.15, -0.1) is 0 Å². The molecule has 0 spiro atoms. The van der Waals surface area contributed by atoms with Crippen LogP contribution < -0.4 is 16.0 Å². The minimum atomic E-state index is -0.380. The highest BCUT2D eigenvalue weighted by Gasteiger charge is 2.16. The zero-order valence-corrected chi connectivity index (χ0v) is 9.84. The molecule has 0 fully saturated rings. The first-order valence-electron chi connectivity index (χ1n) is 5.36. The van der Waals surface area contributed by atoms with Crippen LogP contribution in [0.15, 0.2) is 35.1 Å². The Kier molecular flexibility index (Phi) is 3.29. The van der Waals surface area contributed by atoms with Gasteiger partial charge in [-0.2, -0.15) is 0 Å². The van der Waals surface area contributed by atoms with Crippen LogP contribution in [-0.4, -0.2) is 22.8 Å². The Morgan fingerprint density at radius 2 is 2.17 bits per heavy atom. The molecule has 1 aromatic carbocycles. The second kappa shape index (κ2) is 4.89. The van der Waals surface area contributed by atoms with Crippen molar-refractivity contribution in [3.05, 3.63) is 51.9 Å². The molecule has 94 valence electrons. The minimum Gasteiger partial charge on any atom is -0.496 e. The molecule has 2 rings (SSSR count). The van der Waals surface area contributed by atoms with Gasteiger partial charge in [-0.1, -0.05) is 12.1 Å². The van der Waals surface area contributed by atoms with E-state index in [1.165, 1.54) is 13.2 Å². The van der Waals surface area contributed by atoms with Gasteiger partial charge in [0.05, 0.1) is 18.4 Å². The third-order valence-electron chi connectivity index (χ3n) is 2.56. The van der Waals surface area contributed by atoms with Crippen molar-refractivity contribution in [2.45, 2.75) is 6.54 Å². The van der Waals surface area contributed by atoms with Crippen LogP contribution in [0.5, 0.6) is 5.75 Å². The Morgan fingerprint density at radius 3 is 2.83 bits per heavy atom. The summed E-state index contributed by atoms with van der Waals surface area (Å²) in [5, 5.41) is 2.42. The van der Waals surface area contributed by atoms with E-state index in [9.17, 15) is 9.59 Å². The maximum atomic E-state index is 12.3.